The first-order chi connectivity index (χ1) is 9.19. The van der Waals surface area contributed by atoms with Crippen LogP contribution in [-0.4, -0.2) is 5.91 Å². The first kappa shape index (κ1) is 13.3. The molecule has 0 aliphatic rings. The third-order valence-corrected chi connectivity index (χ3v) is 3.03. The van der Waals surface area contributed by atoms with Crippen LogP contribution < -0.4 is 5.32 Å². The molecule has 2 aromatic carbocycles. The molecule has 0 fully saturated rings. The van der Waals surface area contributed by atoms with E-state index >= 15 is 0 Å². The molecule has 0 aliphatic carbocycles. The van der Waals surface area contributed by atoms with Crippen molar-refractivity contribution >= 4 is 11.6 Å². The summed E-state index contributed by atoms with van der Waals surface area (Å²) >= 11 is 0. The molecule has 0 heterocycles. The van der Waals surface area contributed by atoms with Crippen LogP contribution in [0.25, 0.3) is 0 Å². The van der Waals surface area contributed by atoms with Gasteiger partial charge in [-0.2, -0.15) is 0 Å². The van der Waals surface area contributed by atoms with E-state index in [0.717, 1.165) is 24.1 Å². The summed E-state index contributed by atoms with van der Waals surface area (Å²) in [6.07, 6.45) is 2.21. The maximum Gasteiger partial charge on any atom is 0.255 e. The number of hydrogen-bond donors (Lipinski definition) is 1. The normalized spacial score (nSPS) is 10.2. The van der Waals surface area contributed by atoms with E-state index in [1.807, 2.05) is 43.3 Å². The highest BCUT2D eigenvalue weighted by Crippen LogP contribution is 2.13. The van der Waals surface area contributed by atoms with Gasteiger partial charge in [-0.15, -0.1) is 0 Å². The highest BCUT2D eigenvalue weighted by atomic mass is 16.1. The molecule has 0 unspecified atom stereocenters. The minimum atomic E-state index is -0.0630. The van der Waals surface area contributed by atoms with E-state index in [9.17, 15) is 4.79 Å². The Morgan fingerprint density at radius 3 is 2.47 bits per heavy atom. The Balaban J connectivity index is 2.06. The van der Waals surface area contributed by atoms with Crippen molar-refractivity contribution in [1.82, 2.24) is 0 Å². The fraction of sp³-hybridized carbons (Fsp3) is 0.235. The van der Waals surface area contributed by atoms with Crippen molar-refractivity contribution in [3.8, 4) is 0 Å². The second-order valence-electron chi connectivity index (χ2n) is 4.77. The molecule has 2 rings (SSSR count). The lowest BCUT2D eigenvalue weighted by molar-refractivity contribution is 0.102. The zero-order valence-corrected chi connectivity index (χ0v) is 11.4. The van der Waals surface area contributed by atoms with E-state index in [-0.39, 0.29) is 5.91 Å². The van der Waals surface area contributed by atoms with Crippen LogP contribution in [0, 0.1) is 6.92 Å². The Morgan fingerprint density at radius 2 is 1.84 bits per heavy atom. The average Bonchev–Trinajstić information content (AvgIpc) is 2.41. The number of carbonyl (C=O) groups excluding carboxylic acids is 1. The summed E-state index contributed by atoms with van der Waals surface area (Å²) in [5, 5.41) is 2.92. The zero-order valence-electron chi connectivity index (χ0n) is 11.4. The van der Waals surface area contributed by atoms with E-state index in [4.69, 9.17) is 0 Å². The van der Waals surface area contributed by atoms with Gasteiger partial charge < -0.3 is 5.32 Å². The Bertz CT molecular complexity index is 558. The van der Waals surface area contributed by atoms with Gasteiger partial charge in [0.2, 0.25) is 0 Å². The highest BCUT2D eigenvalue weighted by Gasteiger charge is 2.05. The van der Waals surface area contributed by atoms with E-state index < -0.39 is 0 Å². The second kappa shape index (κ2) is 6.19. The van der Waals surface area contributed by atoms with Crippen molar-refractivity contribution in [2.75, 3.05) is 5.32 Å². The maximum atomic E-state index is 12.1. The molecule has 98 valence electrons. The lowest BCUT2D eigenvalue weighted by Gasteiger charge is -2.07. The van der Waals surface area contributed by atoms with Crippen LogP contribution in [-0.2, 0) is 6.42 Å². The largest absolute Gasteiger partial charge is 0.322 e. The van der Waals surface area contributed by atoms with Crippen molar-refractivity contribution in [1.29, 1.82) is 0 Å². The Hall–Kier alpha value is -2.09. The Labute approximate surface area is 114 Å². The zero-order chi connectivity index (χ0) is 13.7. The predicted molar refractivity (Wildman–Crippen MR) is 79.6 cm³/mol. The van der Waals surface area contributed by atoms with E-state index in [0.29, 0.717) is 5.56 Å². The summed E-state index contributed by atoms with van der Waals surface area (Å²) in [7, 11) is 0. The smallest absolute Gasteiger partial charge is 0.255 e. The molecule has 0 aromatic heterocycles. The van der Waals surface area contributed by atoms with Crippen molar-refractivity contribution < 1.29 is 4.79 Å². The molecular weight excluding hydrogens is 234 g/mol. The number of rotatable bonds is 4. The van der Waals surface area contributed by atoms with Crippen LogP contribution >= 0.6 is 0 Å². The number of hydrogen-bond acceptors (Lipinski definition) is 1. The first-order valence-electron chi connectivity index (χ1n) is 6.66. The molecule has 0 atom stereocenters. The molecule has 2 aromatic rings. The van der Waals surface area contributed by atoms with Gasteiger partial charge in [-0.05, 0) is 43.2 Å². The Morgan fingerprint density at radius 1 is 1.11 bits per heavy atom. The topological polar surface area (TPSA) is 29.1 Å². The Kier molecular flexibility index (Phi) is 4.35. The van der Waals surface area contributed by atoms with Gasteiger partial charge >= 0.3 is 0 Å². The van der Waals surface area contributed by atoms with Crippen LogP contribution in [0.15, 0.2) is 48.5 Å². The molecule has 19 heavy (non-hydrogen) atoms. The van der Waals surface area contributed by atoms with E-state index in [1.165, 1.54) is 5.56 Å². The maximum absolute atomic E-state index is 12.1. The van der Waals surface area contributed by atoms with Crippen molar-refractivity contribution in [3.05, 3.63) is 65.2 Å². The molecule has 1 N–H and O–H groups in total. The number of nitrogens with one attached hydrogen (secondary N) is 1. The van der Waals surface area contributed by atoms with Gasteiger partial charge in [0.15, 0.2) is 0 Å². The summed E-state index contributed by atoms with van der Waals surface area (Å²) in [6.45, 7) is 4.14. The van der Waals surface area contributed by atoms with Gasteiger partial charge in [-0.25, -0.2) is 0 Å². The average molecular weight is 253 g/mol. The fourth-order valence-corrected chi connectivity index (χ4v) is 2.03. The third kappa shape index (κ3) is 3.68. The number of aryl methyl sites for hydroxylation is 2. The minimum Gasteiger partial charge on any atom is -0.322 e. The SMILES string of the molecule is CCCc1ccc(NC(=O)c2cccc(C)c2)cc1. The molecule has 0 radical (unpaired) electrons. The summed E-state index contributed by atoms with van der Waals surface area (Å²) in [4.78, 5) is 12.1. The molecule has 2 nitrogen and oxygen atoms in total. The van der Waals surface area contributed by atoms with Crippen LogP contribution in [0.2, 0.25) is 0 Å². The van der Waals surface area contributed by atoms with Gasteiger partial charge in [-0.3, -0.25) is 4.79 Å². The lowest BCUT2D eigenvalue weighted by atomic mass is 10.1. The van der Waals surface area contributed by atoms with Gasteiger partial charge in [0.05, 0.1) is 0 Å². The minimum absolute atomic E-state index is 0.0630. The summed E-state index contributed by atoms with van der Waals surface area (Å²) < 4.78 is 0. The van der Waals surface area contributed by atoms with Crippen molar-refractivity contribution in [2.45, 2.75) is 26.7 Å². The predicted octanol–water partition coefficient (Wildman–Crippen LogP) is 4.20. The van der Waals surface area contributed by atoms with Crippen LogP contribution in [0.1, 0.15) is 34.8 Å². The van der Waals surface area contributed by atoms with Gasteiger partial charge in [0.25, 0.3) is 5.91 Å². The highest BCUT2D eigenvalue weighted by molar-refractivity contribution is 6.04. The van der Waals surface area contributed by atoms with Gasteiger partial charge in [0.1, 0.15) is 0 Å². The van der Waals surface area contributed by atoms with Gasteiger partial charge in [0, 0.05) is 11.3 Å². The quantitative estimate of drug-likeness (QED) is 0.869. The molecule has 2 heteroatoms. The van der Waals surface area contributed by atoms with E-state index in [2.05, 4.69) is 24.4 Å². The monoisotopic (exact) mass is 253 g/mol. The van der Waals surface area contributed by atoms with Crippen molar-refractivity contribution in [2.24, 2.45) is 0 Å². The lowest BCUT2D eigenvalue weighted by Crippen LogP contribution is -2.11. The standard InChI is InChI=1S/C17H19NO/c1-3-5-14-8-10-16(11-9-14)18-17(19)15-7-4-6-13(2)12-15/h4,6-12H,3,5H2,1-2H3,(H,18,19). The molecule has 0 bridgehead atoms. The number of benzene rings is 2. The van der Waals surface area contributed by atoms with E-state index in [1.54, 1.807) is 0 Å². The van der Waals surface area contributed by atoms with Crippen LogP contribution in [0.3, 0.4) is 0 Å². The number of anilines is 1. The van der Waals surface area contributed by atoms with Crippen molar-refractivity contribution in [3.63, 3.8) is 0 Å². The number of amides is 1. The molecule has 0 spiro atoms. The second-order valence-corrected chi connectivity index (χ2v) is 4.77. The summed E-state index contributed by atoms with van der Waals surface area (Å²) in [5.74, 6) is -0.0630. The summed E-state index contributed by atoms with van der Waals surface area (Å²) in [5.41, 5.74) is 3.92. The molecular formula is C17H19NO. The first-order valence-corrected chi connectivity index (χ1v) is 6.66. The molecule has 0 saturated heterocycles. The van der Waals surface area contributed by atoms with Crippen LogP contribution in [0.4, 0.5) is 5.69 Å². The fourth-order valence-electron chi connectivity index (χ4n) is 2.03. The van der Waals surface area contributed by atoms with Gasteiger partial charge in [-0.1, -0.05) is 43.2 Å². The molecule has 1 amide bonds. The molecule has 0 aliphatic heterocycles. The molecule has 0 saturated carbocycles. The summed E-state index contributed by atoms with van der Waals surface area (Å²) in [6, 6.07) is 15.6. The number of carbonyl (C=O) groups is 1. The van der Waals surface area contributed by atoms with Crippen LogP contribution in [0.5, 0.6) is 0 Å². The third-order valence-electron chi connectivity index (χ3n) is 3.03.